The van der Waals surface area contributed by atoms with Crippen LogP contribution in [-0.4, -0.2) is 23.1 Å². The van der Waals surface area contributed by atoms with Gasteiger partial charge in [0.25, 0.3) is 0 Å². The van der Waals surface area contributed by atoms with Gasteiger partial charge in [-0.05, 0) is 33.6 Å². The Bertz CT molecular complexity index is 315. The first-order valence-electron chi connectivity index (χ1n) is 6.57. The Kier molecular flexibility index (Phi) is 4.59. The van der Waals surface area contributed by atoms with Crippen molar-refractivity contribution in [2.45, 2.75) is 70.4 Å². The summed E-state index contributed by atoms with van der Waals surface area (Å²) in [5, 5.41) is 10.4. The summed E-state index contributed by atoms with van der Waals surface area (Å²) in [5.74, 6) is 0.118. The van der Waals surface area contributed by atoms with Crippen LogP contribution in [0.1, 0.15) is 59.3 Å². The smallest absolute Gasteiger partial charge is 0.408 e. The van der Waals surface area contributed by atoms with Crippen LogP contribution in [0.5, 0.6) is 0 Å². The summed E-state index contributed by atoms with van der Waals surface area (Å²) < 4.78 is 5.29. The van der Waals surface area contributed by atoms with E-state index in [0.717, 1.165) is 25.7 Å². The molecule has 0 atom stereocenters. The molecule has 0 saturated heterocycles. The van der Waals surface area contributed by atoms with Crippen molar-refractivity contribution in [3.63, 3.8) is 0 Å². The van der Waals surface area contributed by atoms with E-state index < -0.39 is 11.7 Å². The van der Waals surface area contributed by atoms with E-state index in [1.165, 1.54) is 6.42 Å². The monoisotopic (exact) mass is 255 g/mol. The van der Waals surface area contributed by atoms with Crippen molar-refractivity contribution in [2.24, 2.45) is 5.73 Å². The summed E-state index contributed by atoms with van der Waals surface area (Å²) in [6.07, 6.45) is 5.02. The number of amidine groups is 1. The second-order valence-electron chi connectivity index (χ2n) is 6.17. The lowest BCUT2D eigenvalue weighted by Crippen LogP contribution is -2.53. The second-order valence-corrected chi connectivity index (χ2v) is 6.17. The van der Waals surface area contributed by atoms with Gasteiger partial charge in [0.1, 0.15) is 5.60 Å². The van der Waals surface area contributed by atoms with Crippen LogP contribution >= 0.6 is 0 Å². The maximum Gasteiger partial charge on any atom is 0.408 e. The third kappa shape index (κ3) is 4.94. The number of ether oxygens (including phenoxy) is 1. The topological polar surface area (TPSA) is 88.2 Å². The average Bonchev–Trinajstić information content (AvgIpc) is 2.13. The van der Waals surface area contributed by atoms with Crippen LogP contribution in [0.4, 0.5) is 4.79 Å². The fourth-order valence-electron chi connectivity index (χ4n) is 2.46. The highest BCUT2D eigenvalue weighted by Gasteiger charge is 2.35. The van der Waals surface area contributed by atoms with Crippen molar-refractivity contribution in [3.05, 3.63) is 0 Å². The van der Waals surface area contributed by atoms with Gasteiger partial charge in [-0.1, -0.05) is 19.3 Å². The van der Waals surface area contributed by atoms with Gasteiger partial charge in [0, 0.05) is 6.42 Å². The van der Waals surface area contributed by atoms with Crippen molar-refractivity contribution >= 4 is 11.9 Å². The quantitative estimate of drug-likeness (QED) is 0.535. The van der Waals surface area contributed by atoms with Crippen molar-refractivity contribution < 1.29 is 9.53 Å². The predicted molar refractivity (Wildman–Crippen MR) is 71.7 cm³/mol. The maximum absolute atomic E-state index is 11.9. The molecule has 0 radical (unpaired) electrons. The van der Waals surface area contributed by atoms with Gasteiger partial charge < -0.3 is 15.8 Å². The number of amides is 1. The Morgan fingerprint density at radius 2 is 1.89 bits per heavy atom. The summed E-state index contributed by atoms with van der Waals surface area (Å²) in [6, 6.07) is 0. The number of nitrogens with one attached hydrogen (secondary N) is 2. The molecule has 0 aromatic heterocycles. The SMILES string of the molecule is CC(C)(C)OC(=O)NC1(CC(=N)N)CCCCC1. The molecular formula is C13H25N3O2. The van der Waals surface area contributed by atoms with Crippen LogP contribution < -0.4 is 11.1 Å². The molecule has 1 fully saturated rings. The fourth-order valence-corrected chi connectivity index (χ4v) is 2.46. The van der Waals surface area contributed by atoms with Gasteiger partial charge in [-0.25, -0.2) is 4.79 Å². The highest BCUT2D eigenvalue weighted by atomic mass is 16.6. The number of hydrogen-bond donors (Lipinski definition) is 3. The predicted octanol–water partition coefficient (Wildman–Crippen LogP) is 2.54. The standard InChI is InChI=1S/C13H25N3O2/c1-12(2,3)18-11(17)16-13(9-10(14)15)7-5-4-6-8-13/h4-9H2,1-3H3,(H3,14,15)(H,16,17). The molecule has 4 N–H and O–H groups in total. The molecule has 5 heteroatoms. The average molecular weight is 255 g/mol. The summed E-state index contributed by atoms with van der Waals surface area (Å²) in [7, 11) is 0. The molecule has 0 heterocycles. The van der Waals surface area contributed by atoms with E-state index in [0.29, 0.717) is 6.42 Å². The van der Waals surface area contributed by atoms with Gasteiger partial charge in [0.2, 0.25) is 0 Å². The summed E-state index contributed by atoms with van der Waals surface area (Å²) in [4.78, 5) is 11.9. The van der Waals surface area contributed by atoms with E-state index in [4.69, 9.17) is 15.9 Å². The van der Waals surface area contributed by atoms with Crippen LogP contribution in [0.15, 0.2) is 0 Å². The minimum absolute atomic E-state index is 0.118. The zero-order valence-corrected chi connectivity index (χ0v) is 11.6. The van der Waals surface area contributed by atoms with Gasteiger partial charge in [-0.2, -0.15) is 0 Å². The molecule has 0 aliphatic heterocycles. The zero-order valence-electron chi connectivity index (χ0n) is 11.6. The lowest BCUT2D eigenvalue weighted by Gasteiger charge is -2.38. The van der Waals surface area contributed by atoms with Crippen LogP contribution in [-0.2, 0) is 4.74 Å². The van der Waals surface area contributed by atoms with E-state index in [1.54, 1.807) is 0 Å². The third-order valence-electron chi connectivity index (χ3n) is 3.11. The van der Waals surface area contributed by atoms with E-state index >= 15 is 0 Å². The Morgan fingerprint density at radius 1 is 1.33 bits per heavy atom. The number of rotatable bonds is 3. The van der Waals surface area contributed by atoms with Crippen LogP contribution in [0.2, 0.25) is 0 Å². The third-order valence-corrected chi connectivity index (χ3v) is 3.11. The van der Waals surface area contributed by atoms with Crippen molar-refractivity contribution in [1.29, 1.82) is 5.41 Å². The maximum atomic E-state index is 11.9. The number of hydrogen-bond acceptors (Lipinski definition) is 3. The van der Waals surface area contributed by atoms with E-state index in [1.807, 2.05) is 20.8 Å². The summed E-state index contributed by atoms with van der Waals surface area (Å²) in [5.41, 5.74) is 4.62. The van der Waals surface area contributed by atoms with Gasteiger partial charge >= 0.3 is 6.09 Å². The van der Waals surface area contributed by atoms with Crippen molar-refractivity contribution in [1.82, 2.24) is 5.32 Å². The van der Waals surface area contributed by atoms with Gasteiger partial charge in [0.05, 0.1) is 11.4 Å². The van der Waals surface area contributed by atoms with Crippen LogP contribution in [0.3, 0.4) is 0 Å². The summed E-state index contributed by atoms with van der Waals surface area (Å²) in [6.45, 7) is 5.52. The minimum Gasteiger partial charge on any atom is -0.444 e. The van der Waals surface area contributed by atoms with Gasteiger partial charge in [-0.15, -0.1) is 0 Å². The molecular weight excluding hydrogens is 230 g/mol. The Hall–Kier alpha value is -1.26. The number of carbonyl (C=O) groups is 1. The molecule has 18 heavy (non-hydrogen) atoms. The largest absolute Gasteiger partial charge is 0.444 e. The molecule has 1 aliphatic carbocycles. The molecule has 0 aromatic rings. The van der Waals surface area contributed by atoms with E-state index in [2.05, 4.69) is 5.32 Å². The molecule has 1 rings (SSSR count). The van der Waals surface area contributed by atoms with Gasteiger partial charge in [-0.3, -0.25) is 5.41 Å². The molecule has 0 bridgehead atoms. The minimum atomic E-state index is -0.504. The van der Waals surface area contributed by atoms with E-state index in [9.17, 15) is 4.79 Å². The normalized spacial score (nSPS) is 19.1. The van der Waals surface area contributed by atoms with E-state index in [-0.39, 0.29) is 11.4 Å². The Morgan fingerprint density at radius 3 is 2.33 bits per heavy atom. The number of nitrogens with two attached hydrogens (primary N) is 1. The Labute approximate surface area is 109 Å². The highest BCUT2D eigenvalue weighted by Crippen LogP contribution is 2.31. The fraction of sp³-hybridized carbons (Fsp3) is 0.846. The first-order valence-corrected chi connectivity index (χ1v) is 6.57. The lowest BCUT2D eigenvalue weighted by atomic mass is 9.79. The molecule has 1 aliphatic rings. The zero-order chi connectivity index (χ0) is 13.8. The van der Waals surface area contributed by atoms with Crippen LogP contribution in [0, 0.1) is 5.41 Å². The Balaban J connectivity index is 2.66. The summed E-state index contributed by atoms with van der Waals surface area (Å²) >= 11 is 0. The second kappa shape index (κ2) is 5.59. The number of carbonyl (C=O) groups excluding carboxylic acids is 1. The molecule has 0 unspecified atom stereocenters. The van der Waals surface area contributed by atoms with Crippen molar-refractivity contribution in [2.75, 3.05) is 0 Å². The molecule has 0 aromatic carbocycles. The molecule has 1 amide bonds. The first-order chi connectivity index (χ1) is 8.22. The lowest BCUT2D eigenvalue weighted by molar-refractivity contribution is 0.0429. The van der Waals surface area contributed by atoms with Crippen LogP contribution in [0.25, 0.3) is 0 Å². The highest BCUT2D eigenvalue weighted by molar-refractivity contribution is 5.79. The first kappa shape index (κ1) is 14.8. The molecule has 1 saturated carbocycles. The number of alkyl carbamates (subject to hydrolysis) is 1. The molecule has 0 spiro atoms. The molecule has 104 valence electrons. The van der Waals surface area contributed by atoms with Gasteiger partial charge in [0.15, 0.2) is 0 Å². The van der Waals surface area contributed by atoms with Crippen molar-refractivity contribution in [3.8, 4) is 0 Å². The molecule has 5 nitrogen and oxygen atoms in total.